The molecule has 0 spiro atoms. The molecule has 11 heteroatoms. The summed E-state index contributed by atoms with van der Waals surface area (Å²) in [4.78, 5) is 27.6. The molecule has 0 aliphatic carbocycles. The zero-order valence-electron chi connectivity index (χ0n) is 17.2. The summed E-state index contributed by atoms with van der Waals surface area (Å²) >= 11 is 5.84. The summed E-state index contributed by atoms with van der Waals surface area (Å²) < 4.78 is 46.1. The van der Waals surface area contributed by atoms with Gasteiger partial charge in [-0.1, -0.05) is 31.0 Å². The van der Waals surface area contributed by atoms with Crippen molar-refractivity contribution in [3.63, 3.8) is 0 Å². The first-order chi connectivity index (χ1) is 14.6. The number of amides is 1. The van der Waals surface area contributed by atoms with E-state index in [9.17, 15) is 22.4 Å². The predicted molar refractivity (Wildman–Crippen MR) is 116 cm³/mol. The molecular weight excluding hydrogens is 449 g/mol. The number of rotatable bonds is 8. The molecular formula is C20H23ClFN3O5S. The SMILES string of the molecule is CCCCOc1c2n(cc(NS(C)(=O)=O)c1=O)CCN(Cc1ccc(F)c(Cl)c1)C2=O. The molecule has 1 aliphatic heterocycles. The average molecular weight is 472 g/mol. The Morgan fingerprint density at radius 1 is 1.26 bits per heavy atom. The largest absolute Gasteiger partial charge is 0.487 e. The number of nitrogens with zero attached hydrogens (tertiary/aromatic N) is 2. The van der Waals surface area contributed by atoms with E-state index in [0.29, 0.717) is 25.1 Å². The van der Waals surface area contributed by atoms with Gasteiger partial charge in [0.15, 0.2) is 11.4 Å². The van der Waals surface area contributed by atoms with Gasteiger partial charge in [-0.25, -0.2) is 12.8 Å². The van der Waals surface area contributed by atoms with Crippen LogP contribution in [0, 0.1) is 5.82 Å². The van der Waals surface area contributed by atoms with E-state index in [1.807, 2.05) is 6.92 Å². The van der Waals surface area contributed by atoms with Crippen LogP contribution in [0.2, 0.25) is 5.02 Å². The van der Waals surface area contributed by atoms with Crippen LogP contribution < -0.4 is 14.9 Å². The monoisotopic (exact) mass is 471 g/mol. The number of aromatic nitrogens is 1. The van der Waals surface area contributed by atoms with Crippen molar-refractivity contribution in [2.24, 2.45) is 0 Å². The number of unbranched alkanes of at least 4 members (excludes halogenated alkanes) is 1. The number of hydrogen-bond donors (Lipinski definition) is 1. The lowest BCUT2D eigenvalue weighted by Gasteiger charge is -2.31. The fourth-order valence-corrected chi connectivity index (χ4v) is 4.00. The number of fused-ring (bicyclic) bond motifs is 1. The van der Waals surface area contributed by atoms with Crippen molar-refractivity contribution in [2.75, 3.05) is 24.1 Å². The van der Waals surface area contributed by atoms with Gasteiger partial charge in [-0.15, -0.1) is 0 Å². The summed E-state index contributed by atoms with van der Waals surface area (Å²) in [5.41, 5.74) is -0.184. The van der Waals surface area contributed by atoms with E-state index in [1.165, 1.54) is 33.9 Å². The molecule has 1 N–H and O–H groups in total. The first-order valence-electron chi connectivity index (χ1n) is 9.72. The molecule has 31 heavy (non-hydrogen) atoms. The molecule has 2 heterocycles. The van der Waals surface area contributed by atoms with E-state index in [4.69, 9.17) is 16.3 Å². The Morgan fingerprint density at radius 2 is 2.00 bits per heavy atom. The van der Waals surface area contributed by atoms with Gasteiger partial charge in [0, 0.05) is 25.8 Å². The lowest BCUT2D eigenvalue weighted by atomic mass is 10.1. The van der Waals surface area contributed by atoms with Gasteiger partial charge in [0.1, 0.15) is 11.5 Å². The van der Waals surface area contributed by atoms with Crippen molar-refractivity contribution in [3.8, 4) is 5.75 Å². The van der Waals surface area contributed by atoms with Gasteiger partial charge < -0.3 is 14.2 Å². The maximum absolute atomic E-state index is 13.4. The van der Waals surface area contributed by atoms with Crippen LogP contribution in [0.4, 0.5) is 10.1 Å². The molecule has 1 aromatic carbocycles. The van der Waals surface area contributed by atoms with Crippen LogP contribution in [0.1, 0.15) is 35.8 Å². The topological polar surface area (TPSA) is 97.7 Å². The maximum Gasteiger partial charge on any atom is 0.274 e. The highest BCUT2D eigenvalue weighted by Gasteiger charge is 2.31. The van der Waals surface area contributed by atoms with Crippen molar-refractivity contribution < 1.29 is 22.3 Å². The highest BCUT2D eigenvalue weighted by molar-refractivity contribution is 7.92. The molecule has 1 aromatic heterocycles. The van der Waals surface area contributed by atoms with E-state index >= 15 is 0 Å². The van der Waals surface area contributed by atoms with Crippen LogP contribution >= 0.6 is 11.6 Å². The van der Waals surface area contributed by atoms with Crippen molar-refractivity contribution >= 4 is 33.2 Å². The molecule has 1 aliphatic rings. The minimum atomic E-state index is -3.70. The van der Waals surface area contributed by atoms with Crippen LogP contribution in [0.3, 0.4) is 0 Å². The summed E-state index contributed by atoms with van der Waals surface area (Å²) in [7, 11) is -3.70. The number of sulfonamides is 1. The smallest absolute Gasteiger partial charge is 0.274 e. The Hall–Kier alpha value is -2.59. The predicted octanol–water partition coefficient (Wildman–Crippen LogP) is 2.85. The normalized spacial score (nSPS) is 13.8. The first kappa shape index (κ1) is 23.1. The third-order valence-electron chi connectivity index (χ3n) is 4.74. The number of anilines is 1. The molecule has 0 unspecified atom stereocenters. The second-order valence-corrected chi connectivity index (χ2v) is 9.45. The number of ether oxygens (including phenoxy) is 1. The standard InChI is InChI=1S/C20H23ClFN3O5S/c1-3-4-9-30-19-17-20(27)25(11-13-5-6-15(22)14(21)10-13)8-7-24(17)12-16(18(19)26)23-31(2,28)29/h5-6,10,12,23H,3-4,7-9,11H2,1-2H3. The van der Waals surface area contributed by atoms with Crippen LogP contribution in [-0.4, -0.2) is 43.2 Å². The molecule has 0 atom stereocenters. The Labute approximate surface area is 184 Å². The van der Waals surface area contributed by atoms with Gasteiger partial charge in [-0.2, -0.15) is 0 Å². The highest BCUT2D eigenvalue weighted by Crippen LogP contribution is 2.25. The van der Waals surface area contributed by atoms with Gasteiger partial charge in [0.05, 0.1) is 17.9 Å². The minimum absolute atomic E-state index is 0.0429. The van der Waals surface area contributed by atoms with Gasteiger partial charge in [-0.3, -0.25) is 14.3 Å². The van der Waals surface area contributed by atoms with Gasteiger partial charge >= 0.3 is 0 Å². The second-order valence-electron chi connectivity index (χ2n) is 7.29. The first-order valence-corrected chi connectivity index (χ1v) is 12.0. The third-order valence-corrected chi connectivity index (χ3v) is 5.62. The van der Waals surface area contributed by atoms with E-state index in [0.717, 1.165) is 12.7 Å². The van der Waals surface area contributed by atoms with Crippen LogP contribution in [0.15, 0.2) is 29.2 Å². The number of benzene rings is 1. The zero-order valence-corrected chi connectivity index (χ0v) is 18.7. The second kappa shape index (κ2) is 9.27. The summed E-state index contributed by atoms with van der Waals surface area (Å²) in [6.07, 6.45) is 3.73. The fourth-order valence-electron chi connectivity index (χ4n) is 3.25. The van der Waals surface area contributed by atoms with Gasteiger partial charge in [-0.05, 0) is 24.1 Å². The van der Waals surface area contributed by atoms with E-state index in [2.05, 4.69) is 4.72 Å². The highest BCUT2D eigenvalue weighted by atomic mass is 35.5. The summed E-state index contributed by atoms with van der Waals surface area (Å²) in [6, 6.07) is 4.21. The molecule has 0 fully saturated rings. The van der Waals surface area contributed by atoms with Crippen molar-refractivity contribution in [1.29, 1.82) is 0 Å². The number of halogens is 2. The van der Waals surface area contributed by atoms with Crippen LogP contribution in [-0.2, 0) is 23.1 Å². The lowest BCUT2D eigenvalue weighted by Crippen LogP contribution is -2.42. The molecule has 0 radical (unpaired) electrons. The molecule has 2 aromatic rings. The zero-order chi connectivity index (χ0) is 22.8. The van der Waals surface area contributed by atoms with Crippen molar-refractivity contribution in [3.05, 3.63) is 56.7 Å². The third kappa shape index (κ3) is 5.37. The molecule has 168 valence electrons. The number of carbonyl (C=O) groups excluding carboxylic acids is 1. The number of carbonyl (C=O) groups is 1. The molecule has 1 amide bonds. The fraction of sp³-hybridized carbons (Fsp3) is 0.400. The van der Waals surface area contributed by atoms with Crippen LogP contribution in [0.5, 0.6) is 5.75 Å². The lowest BCUT2D eigenvalue weighted by molar-refractivity contribution is 0.0681. The average Bonchev–Trinajstić information content (AvgIpc) is 2.68. The molecule has 3 rings (SSSR count). The van der Waals surface area contributed by atoms with E-state index in [1.54, 1.807) is 0 Å². The van der Waals surface area contributed by atoms with E-state index < -0.39 is 27.2 Å². The Balaban J connectivity index is 1.99. The maximum atomic E-state index is 13.4. The number of nitrogens with one attached hydrogen (secondary N) is 1. The summed E-state index contributed by atoms with van der Waals surface area (Å²) in [5.74, 6) is -1.18. The van der Waals surface area contributed by atoms with E-state index in [-0.39, 0.29) is 35.3 Å². The Kier molecular flexibility index (Phi) is 6.90. The Morgan fingerprint density at radius 3 is 2.65 bits per heavy atom. The summed E-state index contributed by atoms with van der Waals surface area (Å²) in [6.45, 7) is 2.95. The summed E-state index contributed by atoms with van der Waals surface area (Å²) in [5, 5.41) is -0.0429. The van der Waals surface area contributed by atoms with Crippen molar-refractivity contribution in [1.82, 2.24) is 9.47 Å². The molecule has 8 nitrogen and oxygen atoms in total. The quantitative estimate of drug-likeness (QED) is 0.597. The van der Waals surface area contributed by atoms with Crippen molar-refractivity contribution in [2.45, 2.75) is 32.9 Å². The molecule has 0 saturated heterocycles. The minimum Gasteiger partial charge on any atom is -0.487 e. The van der Waals surface area contributed by atoms with Crippen LogP contribution in [0.25, 0.3) is 0 Å². The molecule has 0 bridgehead atoms. The Bertz CT molecular complexity index is 1170. The molecule has 0 saturated carbocycles. The van der Waals surface area contributed by atoms with Gasteiger partial charge in [0.25, 0.3) is 5.91 Å². The number of pyridine rings is 1. The van der Waals surface area contributed by atoms with Gasteiger partial charge in [0.2, 0.25) is 15.5 Å². The number of hydrogen-bond acceptors (Lipinski definition) is 5.